The Bertz CT molecular complexity index is 2770. The highest BCUT2D eigenvalue weighted by atomic mass is 19.4. The zero-order chi connectivity index (χ0) is 56.8. The first-order valence-corrected chi connectivity index (χ1v) is 23.8. The van der Waals surface area contributed by atoms with Crippen LogP contribution in [-0.2, 0) is 32.0 Å². The minimum Gasteiger partial charge on any atom is -0.453 e. The van der Waals surface area contributed by atoms with Crippen molar-refractivity contribution in [3.05, 3.63) is 101 Å². The number of fused-ring (bicyclic) bond motifs is 2. The van der Waals surface area contributed by atoms with E-state index in [1.807, 2.05) is 28.2 Å². The zero-order valence-electron chi connectivity index (χ0n) is 42.3. The van der Waals surface area contributed by atoms with Crippen LogP contribution in [0.15, 0.2) is 67.1 Å². The molecule has 2 aromatic heterocycles. The number of hydrogen-bond donors (Lipinski definition) is 6. The van der Waals surface area contributed by atoms with Crippen molar-refractivity contribution in [3.8, 4) is 23.0 Å². The lowest BCUT2D eigenvalue weighted by atomic mass is 9.82. The second-order valence-corrected chi connectivity index (χ2v) is 19.6. The highest BCUT2D eigenvalue weighted by Crippen LogP contribution is 2.43. The van der Waals surface area contributed by atoms with Gasteiger partial charge < -0.3 is 40.7 Å². The lowest BCUT2D eigenvalue weighted by Crippen LogP contribution is -2.62. The Kier molecular flexibility index (Phi) is 18.4. The van der Waals surface area contributed by atoms with Gasteiger partial charge in [0.1, 0.15) is 28.9 Å². The molecule has 418 valence electrons. The first-order valence-electron chi connectivity index (χ1n) is 23.8. The molecule has 0 unspecified atom stereocenters. The Hall–Kier alpha value is -7.18. The number of ether oxygens (including phenoxy) is 2. The van der Waals surface area contributed by atoms with Gasteiger partial charge >= 0.3 is 31.1 Å². The van der Waals surface area contributed by atoms with Crippen LogP contribution in [0, 0.1) is 34.3 Å². The number of carbonyl (C=O) groups excluding carboxylic acids is 4. The Labute approximate surface area is 435 Å². The van der Waals surface area contributed by atoms with Crippen molar-refractivity contribution < 1.29 is 77.7 Å². The molecule has 2 saturated heterocycles. The van der Waals surface area contributed by atoms with E-state index in [9.17, 15) is 59.4 Å². The number of piperazine rings is 1. The summed E-state index contributed by atoms with van der Waals surface area (Å²) in [6, 6.07) is 7.65. The molecule has 2 aliphatic heterocycles. The van der Waals surface area contributed by atoms with Gasteiger partial charge in [-0.2, -0.15) is 40.2 Å². The summed E-state index contributed by atoms with van der Waals surface area (Å²) in [5.41, 5.74) is -4.34. The zero-order valence-corrected chi connectivity index (χ0v) is 42.3. The first-order chi connectivity index (χ1) is 36.0. The van der Waals surface area contributed by atoms with Gasteiger partial charge in [0, 0.05) is 80.0 Å². The molecule has 2 aliphatic rings. The number of aromatic nitrogens is 3. The van der Waals surface area contributed by atoms with Crippen molar-refractivity contribution in [2.24, 2.45) is 10.8 Å². The maximum atomic E-state index is 16.0. The van der Waals surface area contributed by atoms with E-state index < -0.39 is 115 Å². The van der Waals surface area contributed by atoms with Gasteiger partial charge in [-0.1, -0.05) is 24.0 Å². The fraction of sp³-hybridized carbons (Fsp3) is 0.480. The third-order valence-electron chi connectivity index (χ3n) is 13.4. The van der Waals surface area contributed by atoms with Gasteiger partial charge in [0.05, 0.1) is 30.9 Å². The average Bonchev–Trinajstić information content (AvgIpc) is 4.00. The maximum Gasteiger partial charge on any atom is 0.407 e. The van der Waals surface area contributed by atoms with Gasteiger partial charge in [-0.25, -0.2) is 33.0 Å². The molecule has 2 aromatic carbocycles. The van der Waals surface area contributed by atoms with E-state index in [1.165, 1.54) is 24.3 Å². The standard InChI is InChI=1S/C50H56F10N10O7/c1-47(2,49(55,56)57)40(66-46(75)76-6)42(72)65-37(17-28-10-7-27(8-11-28)9-12-29-13-16-39(62-20-29)68-23-32-14-15-33(24-68)64-32)38(71)26-69(67-43(73)41(77-45(74)61-5)48(3,4)50(58,59)60)25-34-35(51)18-30(19-36(34)52)31-21-63-70(22-31)44(53)54/h7-8,10-11,13,16,18-22,32-33,37-38,40-41,44,64,71H,14-15,17,23-26H2,1-6H3,(H,61,74)(H,65,72)(H,66,75)(H,67,73)/t32-,33-,37-,38-,40+,41+/m0/s1. The Morgan fingerprint density at radius 2 is 1.43 bits per heavy atom. The summed E-state index contributed by atoms with van der Waals surface area (Å²) in [5, 5.41) is 25.5. The number of alkyl halides is 8. The summed E-state index contributed by atoms with van der Waals surface area (Å²) in [5.74, 6) is 0.671. The molecular formula is C50H56F10N10O7. The van der Waals surface area contributed by atoms with E-state index in [0.717, 1.165) is 58.3 Å². The molecular weight excluding hydrogens is 1040 g/mol. The van der Waals surface area contributed by atoms with Crippen molar-refractivity contribution in [2.75, 3.05) is 38.7 Å². The van der Waals surface area contributed by atoms with Gasteiger partial charge in [-0.15, -0.1) is 0 Å². The van der Waals surface area contributed by atoms with Crippen molar-refractivity contribution in [3.63, 3.8) is 0 Å². The number of aliphatic hydroxyl groups excluding tert-OH is 1. The normalized spacial score (nSPS) is 17.4. The molecule has 0 radical (unpaired) electrons. The minimum absolute atomic E-state index is 0.175. The second kappa shape index (κ2) is 24.0. The van der Waals surface area contributed by atoms with Crippen molar-refractivity contribution >= 4 is 29.8 Å². The molecule has 4 aromatic rings. The fourth-order valence-electron chi connectivity index (χ4n) is 8.48. The van der Waals surface area contributed by atoms with Crippen LogP contribution in [0.25, 0.3) is 11.1 Å². The lowest BCUT2D eigenvalue weighted by Gasteiger charge is -2.37. The van der Waals surface area contributed by atoms with E-state index in [1.54, 1.807) is 6.20 Å². The molecule has 0 spiro atoms. The van der Waals surface area contributed by atoms with Crippen LogP contribution in [0.3, 0.4) is 0 Å². The number of anilines is 1. The van der Waals surface area contributed by atoms with Crippen LogP contribution in [0.4, 0.5) is 59.3 Å². The molecule has 17 nitrogen and oxygen atoms in total. The predicted molar refractivity (Wildman–Crippen MR) is 256 cm³/mol. The number of hydrogen-bond acceptors (Lipinski definition) is 12. The number of aliphatic hydroxyl groups is 1. The van der Waals surface area contributed by atoms with Gasteiger partial charge in [0.25, 0.3) is 5.91 Å². The van der Waals surface area contributed by atoms with Gasteiger partial charge in [0.2, 0.25) is 5.91 Å². The van der Waals surface area contributed by atoms with Gasteiger partial charge in [-0.3, -0.25) is 15.0 Å². The Balaban J connectivity index is 1.34. The number of nitrogens with zero attached hydrogens (tertiary/aromatic N) is 5. The summed E-state index contributed by atoms with van der Waals surface area (Å²) < 4.78 is 155. The van der Waals surface area contributed by atoms with Crippen LogP contribution in [0.2, 0.25) is 0 Å². The van der Waals surface area contributed by atoms with Crippen molar-refractivity contribution in [1.82, 2.24) is 46.5 Å². The molecule has 4 amide bonds. The third kappa shape index (κ3) is 14.5. The van der Waals surface area contributed by atoms with E-state index >= 15 is 8.78 Å². The van der Waals surface area contributed by atoms with Crippen LogP contribution < -0.4 is 31.6 Å². The summed E-state index contributed by atoms with van der Waals surface area (Å²) in [4.78, 5) is 59.5. The number of nitrogens with one attached hydrogen (secondary N) is 5. The summed E-state index contributed by atoms with van der Waals surface area (Å²) in [6.07, 6.45) is -13.3. The number of methoxy groups -OCH3 is 1. The predicted octanol–water partition coefficient (Wildman–Crippen LogP) is 6.51. The molecule has 27 heteroatoms. The lowest BCUT2D eigenvalue weighted by molar-refractivity contribution is -0.239. The quantitative estimate of drug-likeness (QED) is 0.0359. The number of rotatable bonds is 18. The fourth-order valence-corrected chi connectivity index (χ4v) is 8.48. The smallest absolute Gasteiger partial charge is 0.407 e. The minimum atomic E-state index is -5.26. The molecule has 6 rings (SSSR count). The van der Waals surface area contributed by atoms with Crippen LogP contribution in [0.5, 0.6) is 0 Å². The van der Waals surface area contributed by atoms with Crippen molar-refractivity contribution in [2.45, 2.75) is 109 Å². The van der Waals surface area contributed by atoms with E-state index in [4.69, 9.17) is 4.74 Å². The molecule has 6 N–H and O–H groups in total. The van der Waals surface area contributed by atoms with E-state index in [0.29, 0.717) is 68.0 Å². The van der Waals surface area contributed by atoms with Crippen molar-refractivity contribution in [1.29, 1.82) is 0 Å². The molecule has 0 saturated carbocycles. The average molecular weight is 1100 g/mol. The van der Waals surface area contributed by atoms with E-state index in [2.05, 4.69) is 42.2 Å². The first kappa shape index (κ1) is 59.1. The monoisotopic (exact) mass is 1100 g/mol. The number of alkyl carbamates (subject to hydrolysis) is 2. The van der Waals surface area contributed by atoms with Crippen LogP contribution in [0.1, 0.15) is 69.3 Å². The third-order valence-corrected chi connectivity index (χ3v) is 13.4. The number of hydrazine groups is 1. The summed E-state index contributed by atoms with van der Waals surface area (Å²) in [6.45, 7) is -1.56. The number of carbonyl (C=O) groups is 4. The maximum absolute atomic E-state index is 16.0. The Morgan fingerprint density at radius 3 is 1.96 bits per heavy atom. The molecule has 6 atom stereocenters. The number of benzene rings is 2. The van der Waals surface area contributed by atoms with E-state index in [-0.39, 0.29) is 21.4 Å². The second-order valence-electron chi connectivity index (χ2n) is 19.6. The van der Waals surface area contributed by atoms with Gasteiger partial charge in [0.15, 0.2) is 6.10 Å². The van der Waals surface area contributed by atoms with Gasteiger partial charge in [-0.05, 0) is 94.5 Å². The Morgan fingerprint density at radius 1 is 0.831 bits per heavy atom. The number of pyridine rings is 1. The molecule has 77 heavy (non-hydrogen) atoms. The molecule has 0 aliphatic carbocycles. The summed E-state index contributed by atoms with van der Waals surface area (Å²) >= 11 is 0. The number of halogens is 10. The number of amides is 4. The van der Waals surface area contributed by atoms with Crippen LogP contribution >= 0.6 is 0 Å². The largest absolute Gasteiger partial charge is 0.453 e. The van der Waals surface area contributed by atoms with Crippen LogP contribution in [-0.4, -0.2) is 131 Å². The highest BCUT2D eigenvalue weighted by Gasteiger charge is 2.58. The SMILES string of the molecule is CNC(=O)O[C@H](C(=O)NN(Cc1c(F)cc(-c2cnn(C(F)F)c2)cc1F)C[C@H](O)[C@H](Cc1ccc(C#Cc2ccc(N3C[C@@H]4CC[C@@H](C3)N4)nc2)cc1)NC(=O)[C@@H](NC(=O)OC)C(C)(C)C(F)(F)F)C(C)(C)C(F)(F)F. The highest BCUT2D eigenvalue weighted by molar-refractivity contribution is 5.87. The summed E-state index contributed by atoms with van der Waals surface area (Å²) in [7, 11) is 1.79. The molecule has 2 bridgehead atoms. The molecule has 4 heterocycles. The topological polar surface area (TPSA) is 204 Å². The molecule has 2 fully saturated rings.